The Morgan fingerprint density at radius 1 is 1.55 bits per heavy atom. The minimum atomic E-state index is -0.275. The number of hydrogen-bond acceptors (Lipinski definition) is 4. The lowest BCUT2D eigenvalue weighted by Crippen LogP contribution is -2.34. The Bertz CT molecular complexity index is 711. The fourth-order valence-corrected chi connectivity index (χ4v) is 3.58. The lowest BCUT2D eigenvalue weighted by molar-refractivity contribution is -0.125. The summed E-state index contributed by atoms with van der Waals surface area (Å²) in [5.74, 6) is 0.394. The Kier molecular flexibility index (Phi) is 4.30. The number of nitrogens with one attached hydrogen (secondary N) is 2. The molecule has 3 rings (SSSR count). The molecule has 2 atom stereocenters. The molecule has 116 valence electrons. The van der Waals surface area contributed by atoms with Gasteiger partial charge in [0.15, 0.2) is 5.82 Å². The second-order valence-electron chi connectivity index (χ2n) is 5.27. The van der Waals surface area contributed by atoms with Gasteiger partial charge in [0.05, 0.1) is 10.3 Å². The normalized spacial score (nSPS) is 19.7. The molecular weight excluding hydrogens is 368 g/mol. The van der Waals surface area contributed by atoms with Crippen molar-refractivity contribution >= 4 is 44.9 Å². The van der Waals surface area contributed by atoms with Gasteiger partial charge in [-0.15, -0.1) is 11.3 Å². The lowest BCUT2D eigenvalue weighted by atomic mass is 10.2. The van der Waals surface area contributed by atoms with E-state index in [1.54, 1.807) is 35.3 Å². The Labute approximate surface area is 140 Å². The Morgan fingerprint density at radius 3 is 3.00 bits per heavy atom. The van der Waals surface area contributed by atoms with E-state index in [4.69, 9.17) is 0 Å². The standard InChI is InChI=1S/C14H15BrN4O2S/c1-19-3-2-12(18-19)17-13(20)6-16-14(21)10-5-9(10)8-4-11(15)22-7-8/h2-4,7,9-10H,5-6H2,1H3,(H,16,21)(H,17,18,20)/t9-,10+/m0/s1. The van der Waals surface area contributed by atoms with Gasteiger partial charge in [-0.05, 0) is 45.3 Å². The van der Waals surface area contributed by atoms with Crippen LogP contribution in [0.15, 0.2) is 27.5 Å². The van der Waals surface area contributed by atoms with Crippen molar-refractivity contribution in [2.75, 3.05) is 11.9 Å². The topological polar surface area (TPSA) is 76.0 Å². The fraction of sp³-hybridized carbons (Fsp3) is 0.357. The van der Waals surface area contributed by atoms with Crippen LogP contribution in [0.1, 0.15) is 17.9 Å². The van der Waals surface area contributed by atoms with Gasteiger partial charge in [0.2, 0.25) is 11.8 Å². The number of amides is 2. The molecule has 0 spiro atoms. The Morgan fingerprint density at radius 2 is 2.36 bits per heavy atom. The maximum Gasteiger partial charge on any atom is 0.244 e. The number of anilines is 1. The number of hydrogen-bond donors (Lipinski definition) is 2. The van der Waals surface area contributed by atoms with E-state index in [0.717, 1.165) is 10.2 Å². The summed E-state index contributed by atoms with van der Waals surface area (Å²) in [5, 5.41) is 11.4. The van der Waals surface area contributed by atoms with Crippen molar-refractivity contribution in [1.82, 2.24) is 15.1 Å². The van der Waals surface area contributed by atoms with Crippen LogP contribution in [0.2, 0.25) is 0 Å². The molecule has 0 radical (unpaired) electrons. The number of carbonyl (C=O) groups excluding carboxylic acids is 2. The van der Waals surface area contributed by atoms with Crippen LogP contribution in [0.3, 0.4) is 0 Å². The summed E-state index contributed by atoms with van der Waals surface area (Å²) in [6, 6.07) is 3.75. The molecule has 2 amide bonds. The zero-order valence-corrected chi connectivity index (χ0v) is 14.3. The zero-order valence-electron chi connectivity index (χ0n) is 11.9. The van der Waals surface area contributed by atoms with Gasteiger partial charge >= 0.3 is 0 Å². The predicted octanol–water partition coefficient (Wildman–Crippen LogP) is 2.10. The Balaban J connectivity index is 1.44. The number of thiophene rings is 1. The predicted molar refractivity (Wildman–Crippen MR) is 87.7 cm³/mol. The maximum atomic E-state index is 12.0. The third-order valence-corrected chi connectivity index (χ3v) is 5.07. The molecule has 1 aliphatic rings. The van der Waals surface area contributed by atoms with Crippen molar-refractivity contribution in [1.29, 1.82) is 0 Å². The highest BCUT2D eigenvalue weighted by atomic mass is 79.9. The Hall–Kier alpha value is -1.67. The smallest absolute Gasteiger partial charge is 0.244 e. The van der Waals surface area contributed by atoms with Gasteiger partial charge in [0.1, 0.15) is 0 Å². The van der Waals surface area contributed by atoms with Gasteiger partial charge in [-0.2, -0.15) is 5.10 Å². The van der Waals surface area contributed by atoms with E-state index in [0.29, 0.717) is 5.82 Å². The van der Waals surface area contributed by atoms with E-state index in [1.165, 1.54) is 5.56 Å². The van der Waals surface area contributed by atoms with Crippen LogP contribution in [-0.4, -0.2) is 28.1 Å². The van der Waals surface area contributed by atoms with Crippen LogP contribution in [-0.2, 0) is 16.6 Å². The van der Waals surface area contributed by atoms with Crippen LogP contribution in [0.4, 0.5) is 5.82 Å². The molecule has 6 nitrogen and oxygen atoms in total. The number of aryl methyl sites for hydroxylation is 1. The summed E-state index contributed by atoms with van der Waals surface area (Å²) >= 11 is 5.05. The first-order valence-corrected chi connectivity index (χ1v) is 8.51. The maximum absolute atomic E-state index is 12.0. The molecule has 0 saturated heterocycles. The number of carbonyl (C=O) groups is 2. The molecule has 1 saturated carbocycles. The van der Waals surface area contributed by atoms with Gasteiger partial charge in [0.25, 0.3) is 0 Å². The second kappa shape index (κ2) is 6.21. The van der Waals surface area contributed by atoms with Crippen molar-refractivity contribution in [2.24, 2.45) is 13.0 Å². The third kappa shape index (κ3) is 3.56. The molecule has 0 unspecified atom stereocenters. The molecule has 1 fully saturated rings. The van der Waals surface area contributed by atoms with Crippen molar-refractivity contribution in [3.8, 4) is 0 Å². The summed E-state index contributed by atoms with van der Waals surface area (Å²) in [5.41, 5.74) is 1.19. The first kappa shape index (κ1) is 15.2. The third-order valence-electron chi connectivity index (χ3n) is 3.55. The molecule has 22 heavy (non-hydrogen) atoms. The van der Waals surface area contributed by atoms with E-state index in [2.05, 4.69) is 43.1 Å². The zero-order chi connectivity index (χ0) is 15.7. The largest absolute Gasteiger partial charge is 0.347 e. The summed E-state index contributed by atoms with van der Waals surface area (Å²) < 4.78 is 2.67. The number of halogens is 1. The average Bonchev–Trinajstić information content (AvgIpc) is 3.00. The highest BCUT2D eigenvalue weighted by Crippen LogP contribution is 2.49. The van der Waals surface area contributed by atoms with Gasteiger partial charge in [-0.1, -0.05) is 0 Å². The molecule has 2 heterocycles. The van der Waals surface area contributed by atoms with Crippen LogP contribution in [0, 0.1) is 5.92 Å². The first-order valence-electron chi connectivity index (χ1n) is 6.84. The van der Waals surface area contributed by atoms with Gasteiger partial charge in [-0.3, -0.25) is 14.3 Å². The summed E-state index contributed by atoms with van der Waals surface area (Å²) in [6.45, 7) is -0.0358. The SMILES string of the molecule is Cn1ccc(NC(=O)CNC(=O)[C@@H]2C[C@H]2c2csc(Br)c2)n1. The molecule has 2 aromatic rings. The van der Waals surface area contributed by atoms with E-state index in [-0.39, 0.29) is 30.2 Å². The lowest BCUT2D eigenvalue weighted by Gasteiger charge is -2.04. The van der Waals surface area contributed by atoms with E-state index in [9.17, 15) is 9.59 Å². The molecule has 2 N–H and O–H groups in total. The molecule has 8 heteroatoms. The molecular formula is C14H15BrN4O2S. The van der Waals surface area contributed by atoms with Gasteiger partial charge in [-0.25, -0.2) is 0 Å². The van der Waals surface area contributed by atoms with Crippen molar-refractivity contribution in [3.63, 3.8) is 0 Å². The quantitative estimate of drug-likeness (QED) is 0.831. The van der Waals surface area contributed by atoms with E-state index < -0.39 is 0 Å². The first-order chi connectivity index (χ1) is 10.5. The minimum Gasteiger partial charge on any atom is -0.347 e. The number of nitrogens with zero attached hydrogens (tertiary/aromatic N) is 2. The average molecular weight is 383 g/mol. The van der Waals surface area contributed by atoms with Crippen LogP contribution >= 0.6 is 27.3 Å². The minimum absolute atomic E-state index is 0.0239. The molecule has 2 aromatic heterocycles. The molecule has 0 bridgehead atoms. The molecule has 0 aliphatic heterocycles. The number of aromatic nitrogens is 2. The van der Waals surface area contributed by atoms with Gasteiger partial charge in [0, 0.05) is 25.2 Å². The number of rotatable bonds is 5. The summed E-state index contributed by atoms with van der Waals surface area (Å²) in [4.78, 5) is 23.8. The highest BCUT2D eigenvalue weighted by Gasteiger charge is 2.44. The van der Waals surface area contributed by atoms with Crippen LogP contribution < -0.4 is 10.6 Å². The van der Waals surface area contributed by atoms with Crippen molar-refractivity contribution in [3.05, 3.63) is 33.1 Å². The van der Waals surface area contributed by atoms with Crippen LogP contribution in [0.25, 0.3) is 0 Å². The highest BCUT2D eigenvalue weighted by molar-refractivity contribution is 9.11. The fourth-order valence-electron chi connectivity index (χ4n) is 2.34. The monoisotopic (exact) mass is 382 g/mol. The van der Waals surface area contributed by atoms with E-state index >= 15 is 0 Å². The van der Waals surface area contributed by atoms with E-state index in [1.807, 2.05) is 0 Å². The molecule has 0 aromatic carbocycles. The second-order valence-corrected chi connectivity index (χ2v) is 7.56. The van der Waals surface area contributed by atoms with Crippen molar-refractivity contribution < 1.29 is 9.59 Å². The van der Waals surface area contributed by atoms with Gasteiger partial charge < -0.3 is 10.6 Å². The summed E-state index contributed by atoms with van der Waals surface area (Å²) in [6.07, 6.45) is 2.58. The van der Waals surface area contributed by atoms with Crippen molar-refractivity contribution in [2.45, 2.75) is 12.3 Å². The summed E-state index contributed by atoms with van der Waals surface area (Å²) in [7, 11) is 1.77. The molecule has 1 aliphatic carbocycles. The van der Waals surface area contributed by atoms with Crippen LogP contribution in [0.5, 0.6) is 0 Å².